The number of rotatable bonds is 45. The lowest BCUT2D eigenvalue weighted by molar-refractivity contribution is -0.180. The summed E-state index contributed by atoms with van der Waals surface area (Å²) in [5, 5.41) is 1.39. The number of hydrogen-bond acceptors (Lipinski definition) is 21. The molecule has 0 radical (unpaired) electrons. The van der Waals surface area contributed by atoms with E-state index in [2.05, 4.69) is 25.6 Å². The fourth-order valence-corrected chi connectivity index (χ4v) is 8.99. The number of unbranched alkanes of at least 4 members (excludes halogenated alkanes) is 1. The molecular formula is C54H81F4N5O16S. The van der Waals surface area contributed by atoms with Crippen molar-refractivity contribution in [2.24, 2.45) is 10.7 Å². The number of fused-ring (bicyclic) bond motifs is 1. The molecule has 3 aliphatic rings. The zero-order valence-corrected chi connectivity index (χ0v) is 46.9. The third kappa shape index (κ3) is 26.8. The Morgan fingerprint density at radius 2 is 1.12 bits per heavy atom. The van der Waals surface area contributed by atoms with Crippen molar-refractivity contribution in [3.63, 3.8) is 0 Å². The second-order valence-corrected chi connectivity index (χ2v) is 19.7. The molecule has 0 bridgehead atoms. The van der Waals surface area contributed by atoms with Crippen LogP contribution >= 0.6 is 11.3 Å². The lowest BCUT2D eigenvalue weighted by Crippen LogP contribution is -2.46. The molecule has 1 aliphatic carbocycles. The molecule has 1 saturated carbocycles. The Balaban J connectivity index is 0.734. The number of thiophene rings is 1. The first-order valence-corrected chi connectivity index (χ1v) is 28.4. The Bertz CT molecular complexity index is 2140. The fraction of sp³-hybridized carbons (Fsp3) is 0.704. The Hall–Kier alpha value is -4.26. The minimum atomic E-state index is -1.80. The molecule has 0 unspecified atom stereocenters. The number of nitrogens with zero attached hydrogens (tertiary/aromatic N) is 4. The number of ether oxygens (including phenoxy) is 12. The van der Waals surface area contributed by atoms with E-state index in [0.29, 0.717) is 156 Å². The fourth-order valence-electron chi connectivity index (χ4n) is 7.88. The minimum absolute atomic E-state index is 0.0177. The first kappa shape index (κ1) is 66.5. The maximum atomic E-state index is 13.7. The van der Waals surface area contributed by atoms with Gasteiger partial charge in [0.25, 0.3) is 5.91 Å². The molecule has 26 heteroatoms. The van der Waals surface area contributed by atoms with Crippen molar-refractivity contribution in [1.29, 1.82) is 0 Å². The molecule has 2 N–H and O–H groups in total. The van der Waals surface area contributed by atoms with Crippen molar-refractivity contribution < 1.29 is 93.6 Å². The lowest BCUT2D eigenvalue weighted by Gasteiger charge is -2.34. The predicted molar refractivity (Wildman–Crippen MR) is 286 cm³/mol. The summed E-state index contributed by atoms with van der Waals surface area (Å²) in [5.41, 5.74) is 7.62. The number of amidine groups is 1. The van der Waals surface area contributed by atoms with Crippen molar-refractivity contribution >= 4 is 46.8 Å². The van der Waals surface area contributed by atoms with E-state index >= 15 is 0 Å². The highest BCUT2D eigenvalue weighted by Gasteiger charge is 2.26. The third-order valence-electron chi connectivity index (χ3n) is 12.3. The molecular weight excluding hydrogens is 1080 g/mol. The van der Waals surface area contributed by atoms with Crippen LogP contribution in [-0.4, -0.2) is 223 Å². The quantitative estimate of drug-likeness (QED) is 0.0219. The third-order valence-corrected chi connectivity index (χ3v) is 13.4. The van der Waals surface area contributed by atoms with Crippen LogP contribution in [0.1, 0.15) is 68.0 Å². The Morgan fingerprint density at radius 3 is 1.61 bits per heavy atom. The number of hydroxylamine groups is 2. The summed E-state index contributed by atoms with van der Waals surface area (Å²) in [6.07, 6.45) is 6.37. The molecule has 2 aromatic rings. The maximum absolute atomic E-state index is 13.7. The van der Waals surface area contributed by atoms with Gasteiger partial charge in [0.2, 0.25) is 17.4 Å². The molecule has 1 saturated heterocycles. The highest BCUT2D eigenvalue weighted by molar-refractivity contribution is 7.13. The van der Waals surface area contributed by atoms with E-state index in [0.717, 1.165) is 74.0 Å². The number of nitrogens with two attached hydrogens (primary N) is 1. The van der Waals surface area contributed by atoms with Gasteiger partial charge in [-0.2, -0.15) is 8.78 Å². The lowest BCUT2D eigenvalue weighted by atomic mass is 9.96. The summed E-state index contributed by atoms with van der Waals surface area (Å²) in [6, 6.07) is 2.09. The second kappa shape index (κ2) is 40.0. The summed E-state index contributed by atoms with van der Waals surface area (Å²) < 4.78 is 118. The van der Waals surface area contributed by atoms with Crippen LogP contribution in [0.4, 0.5) is 23.2 Å². The van der Waals surface area contributed by atoms with E-state index in [-0.39, 0.29) is 50.3 Å². The van der Waals surface area contributed by atoms with E-state index in [1.807, 2.05) is 13.0 Å². The van der Waals surface area contributed by atoms with Crippen LogP contribution in [0, 0.1) is 23.3 Å². The van der Waals surface area contributed by atoms with E-state index < -0.39 is 41.4 Å². The highest BCUT2D eigenvalue weighted by Crippen LogP contribution is 2.36. The van der Waals surface area contributed by atoms with Crippen LogP contribution < -0.4 is 10.5 Å². The Morgan fingerprint density at radius 1 is 0.637 bits per heavy atom. The number of halogens is 4. The van der Waals surface area contributed by atoms with E-state index in [1.54, 1.807) is 11.3 Å². The largest absolute Gasteiger partial charge is 0.462 e. The second-order valence-electron chi connectivity index (χ2n) is 18.5. The van der Waals surface area contributed by atoms with Crippen molar-refractivity contribution in [3.05, 3.63) is 50.7 Å². The minimum Gasteiger partial charge on any atom is -0.462 e. The van der Waals surface area contributed by atoms with Gasteiger partial charge in [0.15, 0.2) is 11.6 Å². The molecule has 1 amide bonds. The smallest absolute Gasteiger partial charge is 0.313 e. The van der Waals surface area contributed by atoms with Crippen LogP contribution in [0.25, 0.3) is 6.08 Å². The average Bonchev–Trinajstić information content (AvgIpc) is 3.75. The molecule has 0 spiro atoms. The molecule has 2 aliphatic heterocycles. The first-order valence-electron chi connectivity index (χ1n) is 27.6. The van der Waals surface area contributed by atoms with Gasteiger partial charge in [-0.15, -0.1) is 11.3 Å². The number of carbonyl (C=O) groups excluding carboxylic acids is 3. The van der Waals surface area contributed by atoms with Gasteiger partial charge in [0.05, 0.1) is 156 Å². The molecule has 21 nitrogen and oxygen atoms in total. The van der Waals surface area contributed by atoms with Crippen molar-refractivity contribution in [1.82, 2.24) is 14.9 Å². The van der Waals surface area contributed by atoms with Gasteiger partial charge in [0.1, 0.15) is 11.9 Å². The molecule has 80 heavy (non-hydrogen) atoms. The Labute approximate surface area is 470 Å². The predicted octanol–water partition coefficient (Wildman–Crippen LogP) is 5.41. The molecule has 1 aromatic heterocycles. The van der Waals surface area contributed by atoms with Crippen LogP contribution in [-0.2, 0) is 77.9 Å². The van der Waals surface area contributed by atoms with E-state index in [4.69, 9.17) is 62.7 Å². The number of hydrogen-bond donors (Lipinski definition) is 1. The normalized spacial score (nSPS) is 15.1. The van der Waals surface area contributed by atoms with Crippen LogP contribution in [0.2, 0.25) is 0 Å². The van der Waals surface area contributed by atoms with E-state index in [1.165, 1.54) is 5.06 Å². The number of benzene rings is 1. The number of aliphatic imine (C=N–C) groups is 1. The zero-order valence-electron chi connectivity index (χ0n) is 46.1. The Kier molecular flexibility index (Phi) is 33.3. The number of piperazine rings is 1. The topological polar surface area (TPSA) is 219 Å². The standard InChI is InChI=1S/C54H81F4N5O16S/c1-2-77-63(10-4-3-8-49(64)78-42-6-5-7-42)54(66)41-36-47-46(60-48(59)37-41)38-43(80-47)40-62-13-11-61(12-14-62)15-17-68-19-21-70-23-25-72-27-29-74-31-33-76-35-34-75-32-30-73-28-26-71-24-22-69-20-18-67-16-9-50(65)79-53-51(57)44(55)39-45(56)52(53)58/h36,38-39,42H,2-35,37,40H2,1H3,(H2,59,60). The average molecular weight is 1160 g/mol. The maximum Gasteiger partial charge on any atom is 0.313 e. The number of amides is 1. The molecule has 2 fully saturated rings. The SMILES string of the molecule is CCON(CCCCC(=O)OC1CCC1)C(=O)C1=Cc2sc(CN3CCN(CCOCCOCCOCCOCCOCCOCCOCCOCCOCCOCCC(=O)Oc4c(F)c(F)cc(F)c4F)CC3)cc2N=C(N)C1. The zero-order chi connectivity index (χ0) is 57.0. The summed E-state index contributed by atoms with van der Waals surface area (Å²) >= 11 is 1.63. The van der Waals surface area contributed by atoms with Crippen LogP contribution in [0.3, 0.4) is 0 Å². The van der Waals surface area contributed by atoms with Crippen molar-refractivity contribution in [3.8, 4) is 5.75 Å². The van der Waals surface area contributed by atoms with Gasteiger partial charge in [0, 0.05) is 75.2 Å². The van der Waals surface area contributed by atoms with Crippen LogP contribution in [0.5, 0.6) is 5.75 Å². The molecule has 1 aromatic carbocycles. The van der Waals surface area contributed by atoms with Gasteiger partial charge in [-0.25, -0.2) is 18.8 Å². The highest BCUT2D eigenvalue weighted by atomic mass is 32.1. The van der Waals surface area contributed by atoms with Crippen molar-refractivity contribution in [2.45, 2.75) is 70.9 Å². The summed E-state index contributed by atoms with van der Waals surface area (Å²) in [5.74, 6) is -9.54. The number of esters is 2. The van der Waals surface area contributed by atoms with Crippen LogP contribution in [0.15, 0.2) is 22.7 Å². The molecule has 0 atom stereocenters. The molecule has 452 valence electrons. The number of carbonyl (C=O) groups is 3. The van der Waals surface area contributed by atoms with Gasteiger partial charge >= 0.3 is 11.9 Å². The summed E-state index contributed by atoms with van der Waals surface area (Å²) in [7, 11) is 0. The van der Waals surface area contributed by atoms with E-state index in [9.17, 15) is 31.9 Å². The van der Waals surface area contributed by atoms with Gasteiger partial charge in [-0.05, 0) is 51.2 Å². The van der Waals surface area contributed by atoms with Gasteiger partial charge in [-0.3, -0.25) is 29.0 Å². The summed E-state index contributed by atoms with van der Waals surface area (Å²) in [6.45, 7) is 15.5. The first-order chi connectivity index (χ1) is 39.0. The molecule has 5 rings (SSSR count). The van der Waals surface area contributed by atoms with Crippen molar-refractivity contribution in [2.75, 3.05) is 178 Å². The molecule has 3 heterocycles. The monoisotopic (exact) mass is 1160 g/mol. The van der Waals surface area contributed by atoms with Gasteiger partial charge < -0.3 is 62.6 Å². The summed E-state index contributed by atoms with van der Waals surface area (Å²) in [4.78, 5) is 54.8. The van der Waals surface area contributed by atoms with Gasteiger partial charge in [-0.1, -0.05) is 0 Å².